The van der Waals surface area contributed by atoms with Crippen LogP contribution in [0, 0.1) is 23.0 Å². The molecule has 0 spiro atoms. The molecular formula is C14H18F2N2O. The summed E-state index contributed by atoms with van der Waals surface area (Å²) in [5, 5.41) is 12.1. The van der Waals surface area contributed by atoms with Gasteiger partial charge in [-0.05, 0) is 38.4 Å². The molecule has 104 valence electrons. The van der Waals surface area contributed by atoms with E-state index >= 15 is 0 Å². The molecule has 1 rings (SSSR count). The Labute approximate surface area is 112 Å². The van der Waals surface area contributed by atoms with E-state index in [1.165, 1.54) is 12.1 Å². The van der Waals surface area contributed by atoms with Crippen LogP contribution in [0.1, 0.15) is 26.7 Å². The van der Waals surface area contributed by atoms with E-state index in [1.807, 2.05) is 6.92 Å². The molecule has 0 heterocycles. The Hall–Kier alpha value is -1.67. The first-order valence-electron chi connectivity index (χ1n) is 6.25. The molecule has 19 heavy (non-hydrogen) atoms. The van der Waals surface area contributed by atoms with E-state index < -0.39 is 17.2 Å². The van der Waals surface area contributed by atoms with Crippen LogP contribution in [0.15, 0.2) is 18.2 Å². The summed E-state index contributed by atoms with van der Waals surface area (Å²) in [5.74, 6) is -1.99. The van der Waals surface area contributed by atoms with Crippen molar-refractivity contribution >= 4 is 0 Å². The first kappa shape index (κ1) is 15.4. The molecule has 1 atom stereocenters. The maximum absolute atomic E-state index is 13.3. The van der Waals surface area contributed by atoms with Crippen LogP contribution < -0.4 is 10.1 Å². The number of hydrogen-bond acceptors (Lipinski definition) is 3. The van der Waals surface area contributed by atoms with E-state index in [0.717, 1.165) is 6.07 Å². The fraction of sp³-hybridized carbons (Fsp3) is 0.500. The Bertz CT molecular complexity index is 459. The van der Waals surface area contributed by atoms with Crippen LogP contribution >= 0.6 is 0 Å². The summed E-state index contributed by atoms with van der Waals surface area (Å²) in [6.45, 7) is 4.67. The fourth-order valence-electron chi connectivity index (χ4n) is 1.78. The lowest BCUT2D eigenvalue weighted by Crippen LogP contribution is -2.40. The Morgan fingerprint density at radius 1 is 1.42 bits per heavy atom. The third kappa shape index (κ3) is 4.49. The second kappa shape index (κ2) is 7.05. The highest BCUT2D eigenvalue weighted by molar-refractivity contribution is 5.24. The van der Waals surface area contributed by atoms with Crippen molar-refractivity contribution in [3.05, 3.63) is 29.8 Å². The van der Waals surface area contributed by atoms with E-state index in [9.17, 15) is 8.78 Å². The van der Waals surface area contributed by atoms with Gasteiger partial charge in [-0.1, -0.05) is 13.0 Å². The van der Waals surface area contributed by atoms with Gasteiger partial charge in [0.25, 0.3) is 0 Å². The SMILES string of the molecule is CCNC(C)(C#N)CCCOc1cccc(F)c1F. The van der Waals surface area contributed by atoms with Crippen molar-refractivity contribution in [3.63, 3.8) is 0 Å². The van der Waals surface area contributed by atoms with Gasteiger partial charge in [0, 0.05) is 0 Å². The van der Waals surface area contributed by atoms with E-state index in [-0.39, 0.29) is 12.4 Å². The zero-order chi connectivity index (χ0) is 14.3. The van der Waals surface area contributed by atoms with Gasteiger partial charge in [-0.2, -0.15) is 9.65 Å². The van der Waals surface area contributed by atoms with Crippen LogP contribution in [0.2, 0.25) is 0 Å². The smallest absolute Gasteiger partial charge is 0.200 e. The van der Waals surface area contributed by atoms with Crippen LogP contribution in [-0.4, -0.2) is 18.7 Å². The lowest BCUT2D eigenvalue weighted by atomic mass is 9.98. The molecule has 3 nitrogen and oxygen atoms in total. The van der Waals surface area contributed by atoms with Gasteiger partial charge in [-0.25, -0.2) is 4.39 Å². The number of halogens is 2. The summed E-state index contributed by atoms with van der Waals surface area (Å²) in [5.41, 5.74) is -0.613. The maximum atomic E-state index is 13.3. The van der Waals surface area contributed by atoms with Crippen LogP contribution in [0.4, 0.5) is 8.78 Å². The molecule has 1 unspecified atom stereocenters. The number of rotatable bonds is 7. The molecule has 0 aliphatic heterocycles. The molecule has 1 aromatic carbocycles. The lowest BCUT2D eigenvalue weighted by Gasteiger charge is -2.22. The van der Waals surface area contributed by atoms with Gasteiger partial charge in [-0.15, -0.1) is 0 Å². The predicted octanol–water partition coefficient (Wildman–Crippen LogP) is 3.02. The summed E-state index contributed by atoms with van der Waals surface area (Å²) >= 11 is 0. The molecule has 1 N–H and O–H groups in total. The van der Waals surface area contributed by atoms with Crippen molar-refractivity contribution in [2.75, 3.05) is 13.2 Å². The summed E-state index contributed by atoms with van der Waals surface area (Å²) in [6, 6.07) is 6.02. The highest BCUT2D eigenvalue weighted by Crippen LogP contribution is 2.20. The van der Waals surface area contributed by atoms with Crippen LogP contribution in [0.25, 0.3) is 0 Å². The zero-order valence-corrected chi connectivity index (χ0v) is 11.2. The van der Waals surface area contributed by atoms with Gasteiger partial charge >= 0.3 is 0 Å². The van der Waals surface area contributed by atoms with E-state index in [0.29, 0.717) is 19.4 Å². The largest absolute Gasteiger partial charge is 0.490 e. The number of hydrogen-bond donors (Lipinski definition) is 1. The van der Waals surface area contributed by atoms with Crippen molar-refractivity contribution < 1.29 is 13.5 Å². The molecule has 0 radical (unpaired) electrons. The number of ether oxygens (including phenoxy) is 1. The van der Waals surface area contributed by atoms with E-state index in [2.05, 4.69) is 11.4 Å². The first-order valence-corrected chi connectivity index (χ1v) is 6.25. The molecule has 0 aromatic heterocycles. The van der Waals surface area contributed by atoms with Gasteiger partial charge < -0.3 is 4.74 Å². The first-order chi connectivity index (χ1) is 9.02. The fourth-order valence-corrected chi connectivity index (χ4v) is 1.78. The molecule has 0 saturated carbocycles. The van der Waals surface area contributed by atoms with Crippen molar-refractivity contribution in [2.24, 2.45) is 0 Å². The molecule has 0 fully saturated rings. The van der Waals surface area contributed by atoms with Gasteiger partial charge in [-0.3, -0.25) is 5.32 Å². The van der Waals surface area contributed by atoms with Crippen molar-refractivity contribution in [1.82, 2.24) is 5.32 Å². The van der Waals surface area contributed by atoms with E-state index in [1.54, 1.807) is 6.92 Å². The highest BCUT2D eigenvalue weighted by Gasteiger charge is 2.21. The Morgan fingerprint density at radius 3 is 2.79 bits per heavy atom. The molecule has 0 aliphatic carbocycles. The van der Waals surface area contributed by atoms with Gasteiger partial charge in [0.1, 0.15) is 5.54 Å². The number of nitrogens with one attached hydrogen (secondary N) is 1. The third-order valence-corrected chi connectivity index (χ3v) is 2.81. The van der Waals surface area contributed by atoms with Crippen molar-refractivity contribution in [2.45, 2.75) is 32.2 Å². The quantitative estimate of drug-likeness (QED) is 0.773. The van der Waals surface area contributed by atoms with Gasteiger partial charge in [0.15, 0.2) is 11.6 Å². The van der Waals surface area contributed by atoms with E-state index in [4.69, 9.17) is 10.00 Å². The average molecular weight is 268 g/mol. The summed E-state index contributed by atoms with van der Waals surface area (Å²) in [7, 11) is 0. The third-order valence-electron chi connectivity index (χ3n) is 2.81. The molecule has 5 heteroatoms. The molecule has 0 aliphatic rings. The van der Waals surface area contributed by atoms with Crippen molar-refractivity contribution in [1.29, 1.82) is 5.26 Å². The summed E-state index contributed by atoms with van der Waals surface area (Å²) in [4.78, 5) is 0. The highest BCUT2D eigenvalue weighted by atomic mass is 19.2. The van der Waals surface area contributed by atoms with Crippen LogP contribution in [0.5, 0.6) is 5.75 Å². The number of nitriles is 1. The van der Waals surface area contributed by atoms with Crippen LogP contribution in [0.3, 0.4) is 0 Å². The minimum absolute atomic E-state index is 0.0953. The topological polar surface area (TPSA) is 45.0 Å². The second-order valence-corrected chi connectivity index (χ2v) is 4.48. The minimum atomic E-state index is -0.975. The molecule has 0 bridgehead atoms. The molecule has 0 amide bonds. The maximum Gasteiger partial charge on any atom is 0.200 e. The van der Waals surface area contributed by atoms with Gasteiger partial charge in [0.05, 0.1) is 12.7 Å². The van der Waals surface area contributed by atoms with Gasteiger partial charge in [0.2, 0.25) is 5.82 Å². The Balaban J connectivity index is 2.43. The standard InChI is InChI=1S/C14H18F2N2O/c1-3-18-14(2,10-17)8-5-9-19-12-7-4-6-11(15)13(12)16/h4,6-7,18H,3,5,8-9H2,1-2H3. The number of benzene rings is 1. The monoisotopic (exact) mass is 268 g/mol. The van der Waals surface area contributed by atoms with Crippen molar-refractivity contribution in [3.8, 4) is 11.8 Å². The Morgan fingerprint density at radius 2 is 2.16 bits per heavy atom. The predicted molar refractivity (Wildman–Crippen MR) is 68.8 cm³/mol. The molecular weight excluding hydrogens is 250 g/mol. The zero-order valence-electron chi connectivity index (χ0n) is 11.2. The summed E-state index contributed by atoms with van der Waals surface area (Å²) in [6.07, 6.45) is 1.15. The Kier molecular flexibility index (Phi) is 5.71. The summed E-state index contributed by atoms with van der Waals surface area (Å²) < 4.78 is 31.4. The second-order valence-electron chi connectivity index (χ2n) is 4.48. The average Bonchev–Trinajstić information content (AvgIpc) is 2.40. The normalized spacial score (nSPS) is 13.6. The molecule has 1 aromatic rings. The minimum Gasteiger partial charge on any atom is -0.490 e. The van der Waals surface area contributed by atoms with Crippen LogP contribution in [-0.2, 0) is 0 Å². The molecule has 0 saturated heterocycles. The number of nitrogens with zero attached hydrogens (tertiary/aromatic N) is 1. The lowest BCUT2D eigenvalue weighted by molar-refractivity contribution is 0.271.